The zero-order valence-electron chi connectivity index (χ0n) is 15.4. The van der Waals surface area contributed by atoms with Crippen LogP contribution in [0.2, 0.25) is 0 Å². The van der Waals surface area contributed by atoms with E-state index < -0.39 is 23.5 Å². The normalized spacial score (nSPS) is 16.5. The lowest BCUT2D eigenvalue weighted by atomic mass is 9.95. The number of nitrogens with zero attached hydrogens (tertiary/aromatic N) is 1. The van der Waals surface area contributed by atoms with Crippen LogP contribution in [0.3, 0.4) is 0 Å². The Kier molecular flexibility index (Phi) is 4.85. The Bertz CT molecular complexity index is 1080. The van der Waals surface area contributed by atoms with Crippen LogP contribution in [0.15, 0.2) is 69.9 Å². The zero-order chi connectivity index (χ0) is 20.5. The van der Waals surface area contributed by atoms with Gasteiger partial charge in [0.05, 0.1) is 36.4 Å². The predicted molar refractivity (Wildman–Crippen MR) is 105 cm³/mol. The Morgan fingerprint density at radius 3 is 2.69 bits per heavy atom. The van der Waals surface area contributed by atoms with E-state index in [1.54, 1.807) is 41.8 Å². The molecule has 0 saturated carbocycles. The van der Waals surface area contributed by atoms with Crippen LogP contribution in [-0.4, -0.2) is 33.9 Å². The highest BCUT2D eigenvalue weighted by molar-refractivity contribution is 7.12. The average molecular weight is 411 g/mol. The van der Waals surface area contributed by atoms with Crippen molar-refractivity contribution in [2.45, 2.75) is 12.6 Å². The lowest BCUT2D eigenvalue weighted by Gasteiger charge is -2.26. The van der Waals surface area contributed by atoms with E-state index in [1.807, 2.05) is 0 Å². The van der Waals surface area contributed by atoms with Gasteiger partial charge in [-0.3, -0.25) is 9.59 Å². The number of furan rings is 1. The van der Waals surface area contributed by atoms with Gasteiger partial charge in [-0.1, -0.05) is 12.1 Å². The summed E-state index contributed by atoms with van der Waals surface area (Å²) in [5, 5.41) is 22.6. The second-order valence-electron chi connectivity index (χ2n) is 6.41. The number of aromatic hydroxyl groups is 1. The van der Waals surface area contributed by atoms with Gasteiger partial charge >= 0.3 is 0 Å². The molecule has 0 bridgehead atoms. The monoisotopic (exact) mass is 411 g/mol. The minimum atomic E-state index is -0.890. The predicted octanol–water partition coefficient (Wildman–Crippen LogP) is 3.83. The molecule has 0 aliphatic carbocycles. The summed E-state index contributed by atoms with van der Waals surface area (Å²) in [5.41, 5.74) is 0.431. The first-order valence-corrected chi connectivity index (χ1v) is 9.60. The highest BCUT2D eigenvalue weighted by atomic mass is 32.1. The second kappa shape index (κ2) is 7.48. The summed E-state index contributed by atoms with van der Waals surface area (Å²) in [7, 11) is 1.43. The van der Waals surface area contributed by atoms with E-state index in [0.717, 1.165) is 0 Å². The van der Waals surface area contributed by atoms with Gasteiger partial charge in [0, 0.05) is 0 Å². The summed E-state index contributed by atoms with van der Waals surface area (Å²) >= 11 is 1.22. The summed E-state index contributed by atoms with van der Waals surface area (Å²) in [6.45, 7) is 0.0502. The Labute approximate surface area is 170 Å². The number of carbonyl (C=O) groups excluding carboxylic acids is 2. The third-order valence-electron chi connectivity index (χ3n) is 4.72. The van der Waals surface area contributed by atoms with Crippen LogP contribution in [-0.2, 0) is 11.3 Å². The van der Waals surface area contributed by atoms with Crippen LogP contribution in [0.25, 0.3) is 0 Å². The van der Waals surface area contributed by atoms with E-state index in [2.05, 4.69) is 0 Å². The number of hydrogen-bond donors (Lipinski definition) is 2. The number of ether oxygens (including phenoxy) is 1. The number of methoxy groups -OCH3 is 1. The van der Waals surface area contributed by atoms with Gasteiger partial charge in [-0.15, -0.1) is 11.3 Å². The van der Waals surface area contributed by atoms with Crippen molar-refractivity contribution in [2.75, 3.05) is 7.11 Å². The maximum Gasteiger partial charge on any atom is 0.290 e. The van der Waals surface area contributed by atoms with Crippen LogP contribution in [0.5, 0.6) is 11.5 Å². The molecule has 3 heterocycles. The first-order chi connectivity index (χ1) is 14.0. The maximum atomic E-state index is 13.1. The molecule has 1 amide bonds. The van der Waals surface area contributed by atoms with Crippen LogP contribution in [0.1, 0.15) is 27.0 Å². The van der Waals surface area contributed by atoms with Gasteiger partial charge in [-0.05, 0) is 41.3 Å². The summed E-state index contributed by atoms with van der Waals surface area (Å²) in [4.78, 5) is 27.7. The minimum Gasteiger partial charge on any atom is -0.504 e. The quantitative estimate of drug-likeness (QED) is 0.598. The fraction of sp³-hybridized carbons (Fsp3) is 0.143. The number of ketones is 1. The Morgan fingerprint density at radius 1 is 1.24 bits per heavy atom. The van der Waals surface area contributed by atoms with Gasteiger partial charge in [-0.2, -0.15) is 0 Å². The fourth-order valence-electron chi connectivity index (χ4n) is 3.38. The molecule has 1 aliphatic heterocycles. The molecule has 8 heteroatoms. The number of Topliss-reactive ketones (excluding diaryl/α,β-unsaturated/α-hetero) is 1. The van der Waals surface area contributed by atoms with E-state index in [9.17, 15) is 19.8 Å². The van der Waals surface area contributed by atoms with Crippen molar-refractivity contribution >= 4 is 23.0 Å². The minimum absolute atomic E-state index is 0.0337. The molecule has 7 nitrogen and oxygen atoms in total. The smallest absolute Gasteiger partial charge is 0.290 e. The third kappa shape index (κ3) is 3.27. The van der Waals surface area contributed by atoms with E-state index >= 15 is 0 Å². The third-order valence-corrected chi connectivity index (χ3v) is 5.59. The van der Waals surface area contributed by atoms with Crippen LogP contribution in [0.4, 0.5) is 0 Å². The van der Waals surface area contributed by atoms with Gasteiger partial charge in [0.1, 0.15) is 5.76 Å². The van der Waals surface area contributed by atoms with Gasteiger partial charge in [0.25, 0.3) is 5.91 Å². The molecule has 4 rings (SSSR count). The van der Waals surface area contributed by atoms with Gasteiger partial charge < -0.3 is 24.3 Å². The molecule has 1 aliphatic rings. The van der Waals surface area contributed by atoms with Crippen molar-refractivity contribution in [1.82, 2.24) is 4.90 Å². The lowest BCUT2D eigenvalue weighted by molar-refractivity contribution is -0.130. The molecular formula is C21H17NO6S. The standard InChI is InChI=1S/C21H17NO6S/c1-27-15-7-6-12(10-14(15)23)18-17(19(24)16-5-3-9-29-16)20(25)21(26)22(18)11-13-4-2-8-28-13/h2-10,18,23,25H,11H2,1H3. The fourth-order valence-corrected chi connectivity index (χ4v) is 4.06. The molecule has 2 N–H and O–H groups in total. The Hall–Kier alpha value is -3.52. The molecule has 29 heavy (non-hydrogen) atoms. The molecule has 3 aromatic rings. The van der Waals surface area contributed by atoms with Crippen molar-refractivity contribution < 1.29 is 29.0 Å². The zero-order valence-corrected chi connectivity index (χ0v) is 16.2. The second-order valence-corrected chi connectivity index (χ2v) is 7.36. The van der Waals surface area contributed by atoms with Crippen molar-refractivity contribution in [3.05, 3.63) is 81.6 Å². The van der Waals surface area contributed by atoms with E-state index in [0.29, 0.717) is 16.2 Å². The molecule has 0 saturated heterocycles. The van der Waals surface area contributed by atoms with E-state index in [1.165, 1.54) is 35.7 Å². The van der Waals surface area contributed by atoms with Crippen LogP contribution in [0, 0.1) is 0 Å². The number of thiophene rings is 1. The maximum absolute atomic E-state index is 13.1. The molecular weight excluding hydrogens is 394 g/mol. The first-order valence-electron chi connectivity index (χ1n) is 8.73. The summed E-state index contributed by atoms with van der Waals surface area (Å²) in [5.74, 6) is -1.09. The van der Waals surface area contributed by atoms with Crippen molar-refractivity contribution in [2.24, 2.45) is 0 Å². The topological polar surface area (TPSA) is 100 Å². The molecule has 0 fully saturated rings. The van der Waals surface area contributed by atoms with E-state index in [4.69, 9.17) is 9.15 Å². The highest BCUT2D eigenvalue weighted by Gasteiger charge is 2.44. The number of carbonyl (C=O) groups is 2. The summed E-state index contributed by atoms with van der Waals surface area (Å²) in [6.07, 6.45) is 1.48. The van der Waals surface area contributed by atoms with Gasteiger partial charge in [0.2, 0.25) is 5.78 Å². The number of phenols is 1. The number of amides is 1. The van der Waals surface area contributed by atoms with Gasteiger partial charge in [-0.25, -0.2) is 0 Å². The highest BCUT2D eigenvalue weighted by Crippen LogP contribution is 2.42. The summed E-state index contributed by atoms with van der Waals surface area (Å²) in [6, 6.07) is 10.5. The van der Waals surface area contributed by atoms with Crippen LogP contribution < -0.4 is 4.74 Å². The Morgan fingerprint density at radius 2 is 2.07 bits per heavy atom. The molecule has 2 aromatic heterocycles. The number of rotatable bonds is 6. The molecule has 0 radical (unpaired) electrons. The Balaban J connectivity index is 1.82. The number of aliphatic hydroxyl groups is 1. The number of phenolic OH excluding ortho intramolecular Hbond substituents is 1. The van der Waals surface area contributed by atoms with Crippen molar-refractivity contribution in [3.8, 4) is 11.5 Å². The number of benzene rings is 1. The summed E-state index contributed by atoms with van der Waals surface area (Å²) < 4.78 is 10.4. The average Bonchev–Trinajstić information content (AvgIpc) is 3.46. The molecule has 148 valence electrons. The van der Waals surface area contributed by atoms with Gasteiger partial charge in [0.15, 0.2) is 17.3 Å². The largest absolute Gasteiger partial charge is 0.504 e. The number of aliphatic hydroxyl groups excluding tert-OH is 1. The molecule has 1 atom stereocenters. The lowest BCUT2D eigenvalue weighted by Crippen LogP contribution is -2.30. The van der Waals surface area contributed by atoms with E-state index in [-0.39, 0.29) is 23.6 Å². The first kappa shape index (κ1) is 18.8. The molecule has 0 spiro atoms. The van der Waals surface area contributed by atoms with Crippen molar-refractivity contribution in [3.63, 3.8) is 0 Å². The van der Waals surface area contributed by atoms with Crippen molar-refractivity contribution in [1.29, 1.82) is 0 Å². The molecule has 1 unspecified atom stereocenters. The SMILES string of the molecule is COc1ccc(C2C(C(=O)c3cccs3)=C(O)C(=O)N2Cc2ccco2)cc1O. The number of hydrogen-bond acceptors (Lipinski definition) is 7. The molecule has 1 aromatic carbocycles. The van der Waals surface area contributed by atoms with Crippen LogP contribution >= 0.6 is 11.3 Å².